The van der Waals surface area contributed by atoms with Crippen LogP contribution in [0.3, 0.4) is 0 Å². The summed E-state index contributed by atoms with van der Waals surface area (Å²) in [5, 5.41) is 3.54. The Morgan fingerprint density at radius 3 is 0.850 bits per heavy atom. The number of thiol groups is 3. The molecule has 0 heterocycles. The lowest BCUT2D eigenvalue weighted by Gasteiger charge is -2.26. The molecule has 6 aromatic rings. The highest BCUT2D eigenvalue weighted by molar-refractivity contribution is 7.87. The normalized spacial score (nSPS) is 11.1. The second kappa shape index (κ2) is 12.1. The molecule has 4 heteroatoms. The van der Waals surface area contributed by atoms with Crippen molar-refractivity contribution in [3.8, 4) is 33.4 Å². The second-order valence-electron chi connectivity index (χ2n) is 9.45. The highest BCUT2D eigenvalue weighted by atomic mass is 32.1. The molecule has 0 radical (unpaired) electrons. The molecule has 0 aliphatic heterocycles. The minimum absolute atomic E-state index is 0.982. The molecule has 0 aliphatic rings. The topological polar surface area (TPSA) is 0 Å². The van der Waals surface area contributed by atoms with Crippen LogP contribution < -0.4 is 15.9 Å². The van der Waals surface area contributed by atoms with Gasteiger partial charge in [0.25, 0.3) is 0 Å². The van der Waals surface area contributed by atoms with Crippen LogP contribution in [-0.2, 0) is 0 Å². The van der Waals surface area contributed by atoms with Crippen molar-refractivity contribution in [2.45, 2.75) is 14.7 Å². The molecule has 0 aromatic heterocycles. The van der Waals surface area contributed by atoms with E-state index in [0.717, 1.165) is 48.1 Å². The predicted molar refractivity (Wildman–Crippen MR) is 183 cm³/mol. The molecule has 40 heavy (non-hydrogen) atoms. The zero-order valence-corrected chi connectivity index (χ0v) is 25.2. The Morgan fingerprint density at radius 1 is 0.300 bits per heavy atom. The third-order valence-electron chi connectivity index (χ3n) is 7.02. The maximum absolute atomic E-state index is 5.19. The molecule has 0 saturated heterocycles. The summed E-state index contributed by atoms with van der Waals surface area (Å²) in [5.41, 5.74) is 6.81. The molecule has 0 fully saturated rings. The zero-order chi connectivity index (χ0) is 27.5. The molecule has 0 aliphatic carbocycles. The fraction of sp³-hybridized carbons (Fsp3) is 0. The quantitative estimate of drug-likeness (QED) is 0.126. The fourth-order valence-corrected chi connectivity index (χ4v) is 9.29. The highest BCUT2D eigenvalue weighted by Gasteiger charge is 2.26. The van der Waals surface area contributed by atoms with Gasteiger partial charge in [-0.3, -0.25) is 0 Å². The largest absolute Gasteiger partial charge is 0.142 e. The Labute approximate surface area is 254 Å². The van der Waals surface area contributed by atoms with E-state index < -0.39 is 7.92 Å². The van der Waals surface area contributed by atoms with E-state index in [0.29, 0.717) is 0 Å². The fourth-order valence-electron chi connectivity index (χ4n) is 5.08. The van der Waals surface area contributed by atoms with Gasteiger partial charge in [-0.2, -0.15) is 0 Å². The first-order valence-corrected chi connectivity index (χ1v) is 15.7. The Hall–Kier alpha value is -3.20. The van der Waals surface area contributed by atoms with Crippen molar-refractivity contribution in [1.82, 2.24) is 0 Å². The molecule has 0 spiro atoms. The Bertz CT molecular complexity index is 1560. The van der Waals surface area contributed by atoms with Crippen molar-refractivity contribution in [3.05, 3.63) is 146 Å². The van der Waals surface area contributed by atoms with Crippen LogP contribution in [0.15, 0.2) is 160 Å². The van der Waals surface area contributed by atoms with Gasteiger partial charge in [-0.25, -0.2) is 0 Å². The van der Waals surface area contributed by atoms with Crippen molar-refractivity contribution in [2.24, 2.45) is 0 Å². The Kier molecular flexibility index (Phi) is 8.18. The second-order valence-corrected chi connectivity index (χ2v) is 12.9. The first kappa shape index (κ1) is 27.0. The van der Waals surface area contributed by atoms with Crippen molar-refractivity contribution in [3.63, 3.8) is 0 Å². The van der Waals surface area contributed by atoms with E-state index in [1.54, 1.807) is 0 Å². The Morgan fingerprint density at radius 2 is 0.575 bits per heavy atom. The van der Waals surface area contributed by atoms with Crippen LogP contribution in [0.25, 0.3) is 33.4 Å². The maximum Gasteiger partial charge on any atom is 0.0202 e. The van der Waals surface area contributed by atoms with Gasteiger partial charge in [0.2, 0.25) is 0 Å². The van der Waals surface area contributed by atoms with Crippen molar-refractivity contribution in [1.29, 1.82) is 0 Å². The van der Waals surface area contributed by atoms with Crippen LogP contribution in [0.4, 0.5) is 0 Å². The summed E-state index contributed by atoms with van der Waals surface area (Å²) >= 11 is 15.6. The summed E-state index contributed by atoms with van der Waals surface area (Å²) in [6.07, 6.45) is 0. The van der Waals surface area contributed by atoms with Gasteiger partial charge in [-0.15, -0.1) is 37.9 Å². The van der Waals surface area contributed by atoms with Gasteiger partial charge in [0, 0.05) is 14.7 Å². The molecule has 0 bridgehead atoms. The number of hydrogen-bond donors (Lipinski definition) is 3. The van der Waals surface area contributed by atoms with E-state index >= 15 is 0 Å². The van der Waals surface area contributed by atoms with E-state index in [2.05, 4.69) is 127 Å². The molecule has 0 atom stereocenters. The lowest BCUT2D eigenvalue weighted by atomic mass is 10.1. The third-order valence-corrected chi connectivity index (χ3v) is 11.6. The highest BCUT2D eigenvalue weighted by Crippen LogP contribution is 2.44. The maximum atomic E-state index is 5.19. The first-order valence-electron chi connectivity index (χ1n) is 13.1. The van der Waals surface area contributed by atoms with Crippen LogP contribution in [-0.4, -0.2) is 0 Å². The minimum Gasteiger partial charge on any atom is -0.142 e. The third kappa shape index (κ3) is 5.28. The molecule has 0 saturated carbocycles. The summed E-state index contributed by atoms with van der Waals surface area (Å²) in [6.45, 7) is 0. The average molecular weight is 587 g/mol. The summed E-state index contributed by atoms with van der Waals surface area (Å²) in [5.74, 6) is 0. The standard InChI is InChI=1S/C36H27PS3/c38-34-28(25-13-4-1-5-14-25)19-10-22-31(34)37(32-23-11-20-29(35(32)39)26-15-6-2-7-16-26)33-24-12-21-30(36(33)40)27-17-8-3-9-18-27/h1-24,38-40H. The van der Waals surface area contributed by atoms with E-state index in [4.69, 9.17) is 37.9 Å². The number of benzene rings is 6. The lowest BCUT2D eigenvalue weighted by Crippen LogP contribution is -2.24. The number of hydrogen-bond acceptors (Lipinski definition) is 3. The van der Waals surface area contributed by atoms with Crippen LogP contribution >= 0.6 is 45.8 Å². The summed E-state index contributed by atoms with van der Waals surface area (Å²) < 4.78 is 0. The predicted octanol–water partition coefficient (Wildman–Crippen LogP) is 9.31. The molecule has 6 aromatic carbocycles. The average Bonchev–Trinajstić information content (AvgIpc) is 3.01. The van der Waals surface area contributed by atoms with Gasteiger partial charge in [0.1, 0.15) is 0 Å². The van der Waals surface area contributed by atoms with Gasteiger partial charge in [0.15, 0.2) is 0 Å². The van der Waals surface area contributed by atoms with Crippen LogP contribution in [0.2, 0.25) is 0 Å². The van der Waals surface area contributed by atoms with E-state index in [-0.39, 0.29) is 0 Å². The number of rotatable bonds is 6. The monoisotopic (exact) mass is 586 g/mol. The molecular formula is C36H27PS3. The van der Waals surface area contributed by atoms with Gasteiger partial charge < -0.3 is 0 Å². The molecular weight excluding hydrogens is 560 g/mol. The van der Waals surface area contributed by atoms with Crippen molar-refractivity contribution >= 4 is 61.7 Å². The lowest BCUT2D eigenvalue weighted by molar-refractivity contribution is 1.47. The van der Waals surface area contributed by atoms with Crippen molar-refractivity contribution < 1.29 is 0 Å². The van der Waals surface area contributed by atoms with Crippen molar-refractivity contribution in [2.75, 3.05) is 0 Å². The van der Waals surface area contributed by atoms with E-state index in [1.807, 2.05) is 18.2 Å². The van der Waals surface area contributed by atoms with Crippen LogP contribution in [0.5, 0.6) is 0 Å². The first-order chi connectivity index (χ1) is 19.6. The van der Waals surface area contributed by atoms with E-state index in [9.17, 15) is 0 Å². The molecule has 0 nitrogen and oxygen atoms in total. The smallest absolute Gasteiger partial charge is 0.0202 e. The van der Waals surface area contributed by atoms with Gasteiger partial charge in [0.05, 0.1) is 0 Å². The van der Waals surface area contributed by atoms with E-state index in [1.165, 1.54) is 15.9 Å². The molecule has 0 N–H and O–H groups in total. The van der Waals surface area contributed by atoms with Gasteiger partial charge in [-0.05, 0) is 57.2 Å². The molecule has 0 amide bonds. The van der Waals surface area contributed by atoms with Crippen LogP contribution in [0, 0.1) is 0 Å². The summed E-state index contributed by atoms with van der Waals surface area (Å²) in [4.78, 5) is 2.95. The molecule has 194 valence electrons. The zero-order valence-electron chi connectivity index (χ0n) is 21.6. The minimum atomic E-state index is -1.06. The summed E-state index contributed by atoms with van der Waals surface area (Å²) in [7, 11) is -1.06. The van der Waals surface area contributed by atoms with Gasteiger partial charge in [-0.1, -0.05) is 146 Å². The molecule has 6 rings (SSSR count). The van der Waals surface area contributed by atoms with Crippen LogP contribution in [0.1, 0.15) is 0 Å². The SMILES string of the molecule is Sc1c(-c2ccccc2)cccc1P(c1cccc(-c2ccccc2)c1S)c1cccc(-c2ccccc2)c1S. The van der Waals surface area contributed by atoms with Gasteiger partial charge >= 0.3 is 0 Å². The Balaban J connectivity index is 1.61. The molecule has 0 unspecified atom stereocenters. The summed E-state index contributed by atoms with van der Waals surface area (Å²) in [6, 6.07) is 50.9.